The van der Waals surface area contributed by atoms with Crippen molar-refractivity contribution in [3.63, 3.8) is 0 Å². The molecule has 1 aromatic rings. The van der Waals surface area contributed by atoms with Gasteiger partial charge in [0.15, 0.2) is 0 Å². The van der Waals surface area contributed by atoms with Crippen LogP contribution in [0.15, 0.2) is 18.2 Å². The zero-order valence-electron chi connectivity index (χ0n) is 10.2. The van der Waals surface area contributed by atoms with E-state index in [1.807, 2.05) is 13.8 Å². The van der Waals surface area contributed by atoms with Crippen LogP contribution >= 0.6 is 0 Å². The Morgan fingerprint density at radius 1 is 1.53 bits per heavy atom. The number of methoxy groups -OCH3 is 1. The van der Waals surface area contributed by atoms with E-state index < -0.39 is 17.3 Å². The molecule has 0 aliphatic heterocycles. The Labute approximate surface area is 100.0 Å². The first kappa shape index (κ1) is 13.4. The highest BCUT2D eigenvalue weighted by Gasteiger charge is 2.22. The number of hydrogen-bond acceptors (Lipinski definition) is 3. The number of amides is 1. The molecule has 0 spiro atoms. The van der Waals surface area contributed by atoms with Gasteiger partial charge < -0.3 is 15.8 Å². The molecule has 5 heteroatoms. The summed E-state index contributed by atoms with van der Waals surface area (Å²) in [6, 6.07) is 3.70. The predicted molar refractivity (Wildman–Crippen MR) is 64.2 cm³/mol. The lowest BCUT2D eigenvalue weighted by atomic mass is 10.1. The van der Waals surface area contributed by atoms with Crippen LogP contribution in [-0.4, -0.2) is 25.2 Å². The fourth-order valence-corrected chi connectivity index (χ4v) is 1.50. The van der Waals surface area contributed by atoms with Crippen molar-refractivity contribution < 1.29 is 13.9 Å². The Kier molecular flexibility index (Phi) is 4.07. The zero-order valence-corrected chi connectivity index (χ0v) is 10.2. The van der Waals surface area contributed by atoms with E-state index in [-0.39, 0.29) is 11.3 Å². The maximum absolute atomic E-state index is 13.0. The summed E-state index contributed by atoms with van der Waals surface area (Å²) in [5, 5.41) is 2.73. The molecule has 17 heavy (non-hydrogen) atoms. The van der Waals surface area contributed by atoms with Crippen LogP contribution in [0.5, 0.6) is 0 Å². The number of carbonyl (C=O) groups excluding carboxylic acids is 1. The van der Waals surface area contributed by atoms with E-state index in [1.54, 1.807) is 7.11 Å². The summed E-state index contributed by atoms with van der Waals surface area (Å²) in [5.41, 5.74) is 5.47. The molecule has 0 heterocycles. The van der Waals surface area contributed by atoms with Crippen LogP contribution < -0.4 is 11.1 Å². The molecule has 0 bridgehead atoms. The zero-order chi connectivity index (χ0) is 13.1. The molecule has 0 atom stereocenters. The number of rotatable bonds is 4. The maximum Gasteiger partial charge on any atom is 0.253 e. The third-order valence-corrected chi connectivity index (χ3v) is 2.22. The van der Waals surface area contributed by atoms with Gasteiger partial charge in [0.2, 0.25) is 0 Å². The minimum absolute atomic E-state index is 0.133. The molecule has 1 aromatic carbocycles. The first-order valence-electron chi connectivity index (χ1n) is 5.22. The van der Waals surface area contributed by atoms with Crippen molar-refractivity contribution in [3.8, 4) is 0 Å². The summed E-state index contributed by atoms with van der Waals surface area (Å²) in [7, 11) is 1.55. The number of benzene rings is 1. The van der Waals surface area contributed by atoms with Crippen LogP contribution in [0.25, 0.3) is 0 Å². The average molecular weight is 240 g/mol. The van der Waals surface area contributed by atoms with Gasteiger partial charge in [0.1, 0.15) is 5.82 Å². The SMILES string of the molecule is COCC(C)(C)NC(=O)c1cc(F)ccc1N. The Morgan fingerprint density at radius 2 is 2.18 bits per heavy atom. The number of nitrogen functional groups attached to an aromatic ring is 1. The van der Waals surface area contributed by atoms with Crippen LogP contribution in [0.2, 0.25) is 0 Å². The monoisotopic (exact) mass is 240 g/mol. The number of nitrogens with one attached hydrogen (secondary N) is 1. The Bertz CT molecular complexity index is 419. The van der Waals surface area contributed by atoms with Gasteiger partial charge in [0, 0.05) is 12.8 Å². The summed E-state index contributed by atoms with van der Waals surface area (Å²) in [6.45, 7) is 3.97. The molecule has 0 aliphatic carbocycles. The molecule has 1 rings (SSSR count). The van der Waals surface area contributed by atoms with Crippen LogP contribution in [0, 0.1) is 5.82 Å². The minimum atomic E-state index is -0.537. The fourth-order valence-electron chi connectivity index (χ4n) is 1.50. The van der Waals surface area contributed by atoms with Crippen LogP contribution in [-0.2, 0) is 4.74 Å². The van der Waals surface area contributed by atoms with Crippen molar-refractivity contribution in [3.05, 3.63) is 29.6 Å². The molecule has 3 N–H and O–H groups in total. The van der Waals surface area contributed by atoms with Gasteiger partial charge in [-0.15, -0.1) is 0 Å². The average Bonchev–Trinajstić information content (AvgIpc) is 2.20. The quantitative estimate of drug-likeness (QED) is 0.785. The highest BCUT2D eigenvalue weighted by atomic mass is 19.1. The summed E-state index contributed by atoms with van der Waals surface area (Å²) in [6.07, 6.45) is 0. The first-order chi connectivity index (χ1) is 7.85. The summed E-state index contributed by atoms with van der Waals surface area (Å²) in [4.78, 5) is 11.9. The third kappa shape index (κ3) is 3.71. The normalized spacial score (nSPS) is 11.3. The molecule has 1 amide bonds. The van der Waals surface area contributed by atoms with E-state index in [4.69, 9.17) is 10.5 Å². The maximum atomic E-state index is 13.0. The summed E-state index contributed by atoms with van der Waals surface area (Å²) >= 11 is 0. The van der Waals surface area contributed by atoms with Crippen molar-refractivity contribution in [1.82, 2.24) is 5.32 Å². The lowest BCUT2D eigenvalue weighted by molar-refractivity contribution is 0.0820. The van der Waals surface area contributed by atoms with Crippen LogP contribution in [0.4, 0.5) is 10.1 Å². The van der Waals surface area contributed by atoms with E-state index in [0.29, 0.717) is 6.61 Å². The second kappa shape index (κ2) is 5.14. The molecule has 0 fully saturated rings. The summed E-state index contributed by atoms with van der Waals surface area (Å²) in [5.74, 6) is -0.905. The fraction of sp³-hybridized carbons (Fsp3) is 0.417. The van der Waals surface area contributed by atoms with E-state index in [2.05, 4.69) is 5.32 Å². The third-order valence-electron chi connectivity index (χ3n) is 2.22. The number of halogens is 1. The van der Waals surface area contributed by atoms with E-state index in [0.717, 1.165) is 6.07 Å². The van der Waals surface area contributed by atoms with Crippen LogP contribution in [0.3, 0.4) is 0 Å². The molecule has 0 saturated carbocycles. The van der Waals surface area contributed by atoms with Gasteiger partial charge >= 0.3 is 0 Å². The predicted octanol–water partition coefficient (Wildman–Crippen LogP) is 1.56. The van der Waals surface area contributed by atoms with Crippen molar-refractivity contribution in [1.29, 1.82) is 0 Å². The topological polar surface area (TPSA) is 64.3 Å². The van der Waals surface area contributed by atoms with Crippen molar-refractivity contribution in [2.45, 2.75) is 19.4 Å². The molecule has 4 nitrogen and oxygen atoms in total. The lowest BCUT2D eigenvalue weighted by Crippen LogP contribution is -2.46. The molecule has 94 valence electrons. The number of ether oxygens (including phenoxy) is 1. The number of anilines is 1. The second-order valence-electron chi connectivity index (χ2n) is 4.50. The Morgan fingerprint density at radius 3 is 2.76 bits per heavy atom. The number of hydrogen-bond donors (Lipinski definition) is 2. The lowest BCUT2D eigenvalue weighted by Gasteiger charge is -2.25. The van der Waals surface area contributed by atoms with Gasteiger partial charge in [0.25, 0.3) is 5.91 Å². The Balaban J connectivity index is 2.86. The highest BCUT2D eigenvalue weighted by molar-refractivity contribution is 5.99. The second-order valence-corrected chi connectivity index (χ2v) is 4.50. The van der Waals surface area contributed by atoms with Gasteiger partial charge in [-0.05, 0) is 32.0 Å². The van der Waals surface area contributed by atoms with E-state index in [9.17, 15) is 9.18 Å². The van der Waals surface area contributed by atoms with Crippen LogP contribution in [0.1, 0.15) is 24.2 Å². The van der Waals surface area contributed by atoms with E-state index >= 15 is 0 Å². The largest absolute Gasteiger partial charge is 0.398 e. The molecule has 0 saturated heterocycles. The number of nitrogens with two attached hydrogens (primary N) is 1. The van der Waals surface area contributed by atoms with Gasteiger partial charge in [-0.1, -0.05) is 0 Å². The molecule has 0 unspecified atom stereocenters. The summed E-state index contributed by atoms with van der Waals surface area (Å²) < 4.78 is 18.0. The Hall–Kier alpha value is -1.62. The van der Waals surface area contributed by atoms with Crippen molar-refractivity contribution in [2.75, 3.05) is 19.5 Å². The van der Waals surface area contributed by atoms with Gasteiger partial charge in [-0.3, -0.25) is 4.79 Å². The van der Waals surface area contributed by atoms with Crippen molar-refractivity contribution >= 4 is 11.6 Å². The molecule has 0 aromatic heterocycles. The van der Waals surface area contributed by atoms with Gasteiger partial charge in [-0.2, -0.15) is 0 Å². The van der Waals surface area contributed by atoms with Gasteiger partial charge in [0.05, 0.1) is 17.7 Å². The molecule has 0 aliphatic rings. The smallest absolute Gasteiger partial charge is 0.253 e. The minimum Gasteiger partial charge on any atom is -0.398 e. The highest BCUT2D eigenvalue weighted by Crippen LogP contribution is 2.14. The molecule has 0 radical (unpaired) electrons. The van der Waals surface area contributed by atoms with E-state index in [1.165, 1.54) is 12.1 Å². The molecular formula is C12H17FN2O2. The molecular weight excluding hydrogens is 223 g/mol. The standard InChI is InChI=1S/C12H17FN2O2/c1-12(2,7-17-3)15-11(16)9-6-8(13)4-5-10(9)14/h4-6H,7,14H2,1-3H3,(H,15,16). The first-order valence-corrected chi connectivity index (χ1v) is 5.22. The van der Waals surface area contributed by atoms with Crippen molar-refractivity contribution in [2.24, 2.45) is 0 Å². The number of carbonyl (C=O) groups is 1. The van der Waals surface area contributed by atoms with Gasteiger partial charge in [-0.25, -0.2) is 4.39 Å².